The number of ether oxygens (including phenoxy) is 1. The fourth-order valence-corrected chi connectivity index (χ4v) is 5.13. The number of methoxy groups -OCH3 is 1. The number of fused-ring (bicyclic) bond motifs is 1. The van der Waals surface area contributed by atoms with E-state index in [4.69, 9.17) is 16.3 Å². The molecule has 0 atom stereocenters. The lowest BCUT2D eigenvalue weighted by Crippen LogP contribution is -2.15. The van der Waals surface area contributed by atoms with Crippen LogP contribution in [-0.4, -0.2) is 37.1 Å². The second kappa shape index (κ2) is 8.53. The van der Waals surface area contributed by atoms with E-state index in [1.807, 2.05) is 0 Å². The molecule has 4 rings (SSSR count). The number of carbonyl (C=O) groups is 2. The van der Waals surface area contributed by atoms with Gasteiger partial charge in [0.15, 0.2) is 0 Å². The minimum atomic E-state index is -4.09. The number of amides is 1. The average Bonchev–Trinajstić information content (AvgIpc) is 3.02. The van der Waals surface area contributed by atoms with E-state index < -0.39 is 10.0 Å². The van der Waals surface area contributed by atoms with Crippen LogP contribution in [0.5, 0.6) is 5.75 Å². The monoisotopic (exact) mass is 488 g/mol. The minimum Gasteiger partial charge on any atom is -0.495 e. The predicted octanol–water partition coefficient (Wildman–Crippen LogP) is 4.00. The van der Waals surface area contributed by atoms with Gasteiger partial charge in [-0.15, -0.1) is 0 Å². The first-order valence-electron chi connectivity index (χ1n) is 10.0. The molecule has 0 aliphatic carbocycles. The summed E-state index contributed by atoms with van der Waals surface area (Å²) in [6.45, 7) is 3.44. The number of nitrogens with one attached hydrogen (secondary N) is 2. The lowest BCUT2D eigenvalue weighted by molar-refractivity contribution is -0.116. The van der Waals surface area contributed by atoms with E-state index in [0.29, 0.717) is 33.1 Å². The predicted molar refractivity (Wildman–Crippen MR) is 124 cm³/mol. The number of hydrogen-bond donors (Lipinski definition) is 2. The van der Waals surface area contributed by atoms with Crippen molar-refractivity contribution in [2.75, 3.05) is 17.1 Å². The van der Waals surface area contributed by atoms with Gasteiger partial charge in [-0.2, -0.15) is 9.78 Å². The highest BCUT2D eigenvalue weighted by Gasteiger charge is 2.28. The normalized spacial score (nSPS) is 13.8. The Bertz CT molecular complexity index is 1400. The Morgan fingerprint density at radius 2 is 1.88 bits per heavy atom. The first-order chi connectivity index (χ1) is 15.6. The van der Waals surface area contributed by atoms with Crippen LogP contribution in [0.4, 0.5) is 11.5 Å². The van der Waals surface area contributed by atoms with Gasteiger partial charge in [0.1, 0.15) is 16.5 Å². The summed E-state index contributed by atoms with van der Waals surface area (Å²) in [5.74, 6) is -0.297. The fourth-order valence-electron chi connectivity index (χ4n) is 3.64. The molecule has 1 aromatic heterocycles. The van der Waals surface area contributed by atoms with Crippen LogP contribution in [0.1, 0.15) is 28.9 Å². The summed E-state index contributed by atoms with van der Waals surface area (Å²) in [5, 5.41) is 7.37. The molecule has 0 spiro atoms. The number of nitrogens with zero attached hydrogens (tertiary/aromatic N) is 2. The smallest absolute Gasteiger partial charge is 0.265 e. The zero-order valence-corrected chi connectivity index (χ0v) is 19.7. The molecule has 0 saturated carbocycles. The Balaban J connectivity index is 1.84. The Morgan fingerprint density at radius 1 is 1.12 bits per heavy atom. The van der Waals surface area contributed by atoms with Crippen molar-refractivity contribution in [2.45, 2.75) is 31.6 Å². The van der Waals surface area contributed by atoms with E-state index in [1.54, 1.807) is 32.0 Å². The fraction of sp³-hybridized carbons (Fsp3) is 0.227. The van der Waals surface area contributed by atoms with Crippen molar-refractivity contribution < 1.29 is 22.7 Å². The zero-order chi connectivity index (χ0) is 23.9. The SMILES string of the molecule is COc1ccc(-c2c(C)nn3c2NC(=O)CCC3=O)cc1S(=O)(=O)Nc1cc(Cl)ccc1C. The van der Waals surface area contributed by atoms with Gasteiger partial charge in [0, 0.05) is 23.4 Å². The second-order valence-corrected chi connectivity index (χ2v) is 9.68. The summed E-state index contributed by atoms with van der Waals surface area (Å²) < 4.78 is 35.7. The Hall–Kier alpha value is -3.37. The zero-order valence-electron chi connectivity index (χ0n) is 18.1. The van der Waals surface area contributed by atoms with Crippen LogP contribution in [0.2, 0.25) is 5.02 Å². The molecular weight excluding hydrogens is 468 g/mol. The van der Waals surface area contributed by atoms with Gasteiger partial charge in [-0.1, -0.05) is 23.7 Å². The largest absolute Gasteiger partial charge is 0.495 e. The number of hydrogen-bond acceptors (Lipinski definition) is 6. The number of aromatic nitrogens is 2. The summed E-state index contributed by atoms with van der Waals surface area (Å²) in [6, 6.07) is 9.48. The molecule has 2 aromatic carbocycles. The molecule has 3 aromatic rings. The van der Waals surface area contributed by atoms with Gasteiger partial charge in [0.25, 0.3) is 10.0 Å². The maximum atomic E-state index is 13.3. The van der Waals surface area contributed by atoms with Crippen molar-refractivity contribution in [3.05, 3.63) is 52.7 Å². The van der Waals surface area contributed by atoms with Gasteiger partial charge in [0.05, 0.1) is 18.5 Å². The number of anilines is 2. The number of aryl methyl sites for hydroxylation is 2. The van der Waals surface area contributed by atoms with Crippen molar-refractivity contribution in [2.24, 2.45) is 0 Å². The van der Waals surface area contributed by atoms with Crippen molar-refractivity contribution in [3.8, 4) is 16.9 Å². The number of benzene rings is 2. The highest BCUT2D eigenvalue weighted by atomic mass is 35.5. The molecular formula is C22H21ClN4O5S. The van der Waals surface area contributed by atoms with Gasteiger partial charge in [-0.05, 0) is 49.2 Å². The van der Waals surface area contributed by atoms with Gasteiger partial charge >= 0.3 is 0 Å². The van der Waals surface area contributed by atoms with Gasteiger partial charge in [-0.3, -0.25) is 14.3 Å². The molecule has 9 nitrogen and oxygen atoms in total. The maximum Gasteiger partial charge on any atom is 0.265 e. The third-order valence-corrected chi connectivity index (χ3v) is 6.93. The van der Waals surface area contributed by atoms with Gasteiger partial charge < -0.3 is 10.1 Å². The van der Waals surface area contributed by atoms with Crippen LogP contribution in [0.25, 0.3) is 11.1 Å². The van der Waals surface area contributed by atoms with E-state index in [1.165, 1.54) is 25.3 Å². The molecule has 0 radical (unpaired) electrons. The molecule has 0 bridgehead atoms. The number of rotatable bonds is 5. The van der Waals surface area contributed by atoms with E-state index in [9.17, 15) is 18.0 Å². The molecule has 11 heteroatoms. The lowest BCUT2D eigenvalue weighted by Gasteiger charge is -2.15. The molecule has 0 unspecified atom stereocenters. The highest BCUT2D eigenvalue weighted by Crippen LogP contribution is 2.37. The maximum absolute atomic E-state index is 13.3. The summed E-state index contributed by atoms with van der Waals surface area (Å²) in [6.07, 6.45) is 0.0797. The number of carbonyl (C=O) groups excluding carboxylic acids is 2. The molecule has 2 heterocycles. The molecule has 0 fully saturated rings. The third-order valence-electron chi connectivity index (χ3n) is 5.31. The number of halogens is 1. The van der Waals surface area contributed by atoms with Crippen LogP contribution >= 0.6 is 11.6 Å². The van der Waals surface area contributed by atoms with Crippen LogP contribution in [0, 0.1) is 13.8 Å². The highest BCUT2D eigenvalue weighted by molar-refractivity contribution is 7.92. The number of sulfonamides is 1. The lowest BCUT2D eigenvalue weighted by atomic mass is 10.1. The van der Waals surface area contributed by atoms with Crippen molar-refractivity contribution in [1.29, 1.82) is 0 Å². The second-order valence-electron chi connectivity index (χ2n) is 7.59. The van der Waals surface area contributed by atoms with Crippen LogP contribution in [-0.2, 0) is 14.8 Å². The van der Waals surface area contributed by atoms with Gasteiger partial charge in [-0.25, -0.2) is 8.42 Å². The Morgan fingerprint density at radius 3 is 2.61 bits per heavy atom. The summed E-state index contributed by atoms with van der Waals surface area (Å²) in [5.41, 5.74) is 2.40. The molecule has 172 valence electrons. The molecule has 2 N–H and O–H groups in total. The minimum absolute atomic E-state index is 0.0323. The van der Waals surface area contributed by atoms with E-state index in [-0.39, 0.29) is 41.1 Å². The van der Waals surface area contributed by atoms with Crippen LogP contribution in [0.15, 0.2) is 41.3 Å². The Labute approximate surface area is 195 Å². The Kier molecular flexibility index (Phi) is 5.89. The van der Waals surface area contributed by atoms with Crippen molar-refractivity contribution >= 4 is 44.9 Å². The molecule has 0 saturated heterocycles. The van der Waals surface area contributed by atoms with Crippen molar-refractivity contribution in [3.63, 3.8) is 0 Å². The molecule has 1 aliphatic rings. The molecule has 1 amide bonds. The quantitative estimate of drug-likeness (QED) is 0.560. The van der Waals surface area contributed by atoms with E-state index in [0.717, 1.165) is 4.68 Å². The van der Waals surface area contributed by atoms with E-state index in [2.05, 4.69) is 15.1 Å². The van der Waals surface area contributed by atoms with E-state index >= 15 is 0 Å². The van der Waals surface area contributed by atoms with Crippen LogP contribution < -0.4 is 14.8 Å². The van der Waals surface area contributed by atoms with Crippen LogP contribution in [0.3, 0.4) is 0 Å². The summed E-state index contributed by atoms with van der Waals surface area (Å²) in [4.78, 5) is 24.4. The topological polar surface area (TPSA) is 119 Å². The average molecular weight is 489 g/mol. The van der Waals surface area contributed by atoms with Gasteiger partial charge in [0.2, 0.25) is 11.8 Å². The summed E-state index contributed by atoms with van der Waals surface area (Å²) in [7, 11) is -2.72. The standard InChI is InChI=1S/C22H21ClN4O5S/c1-12-4-6-15(23)11-16(12)26-33(30,31)18-10-14(5-7-17(18)32-3)21-13(2)25-27-20(29)9-8-19(28)24-22(21)27/h4-7,10-11,26H,8-9H2,1-3H3,(H,24,28). The third kappa shape index (κ3) is 4.31. The molecule has 1 aliphatic heterocycles. The molecule has 33 heavy (non-hydrogen) atoms. The van der Waals surface area contributed by atoms with Crippen molar-refractivity contribution in [1.82, 2.24) is 9.78 Å². The first-order valence-corrected chi connectivity index (χ1v) is 11.9. The first kappa shape index (κ1) is 22.8. The summed E-state index contributed by atoms with van der Waals surface area (Å²) >= 11 is 6.03.